The maximum Gasteiger partial charge on any atom is 0.278 e. The Bertz CT molecular complexity index is 2410. The topological polar surface area (TPSA) is 103 Å². The molecule has 0 saturated heterocycles. The van der Waals surface area contributed by atoms with Crippen LogP contribution in [0.15, 0.2) is 180 Å². The lowest BCUT2D eigenvalue weighted by molar-refractivity contribution is 0.0991. The summed E-state index contributed by atoms with van der Waals surface area (Å²) in [4.78, 5) is 54.6. The third-order valence-corrected chi connectivity index (χ3v) is 8.91. The second kappa shape index (κ2) is 15.5. The summed E-state index contributed by atoms with van der Waals surface area (Å²) in [6.45, 7) is 0. The normalized spacial score (nSPS) is 10.7. The Kier molecular flexibility index (Phi) is 10.1. The van der Waals surface area contributed by atoms with Crippen molar-refractivity contribution < 1.29 is 14.4 Å². The van der Waals surface area contributed by atoms with E-state index >= 15 is 0 Å². The van der Waals surface area contributed by atoms with Crippen LogP contribution in [0.5, 0.6) is 0 Å². The van der Waals surface area contributed by atoms with Crippen molar-refractivity contribution >= 4 is 17.7 Å². The predicted molar refractivity (Wildman–Crippen MR) is 209 cm³/mol. The van der Waals surface area contributed by atoms with Crippen molar-refractivity contribution in [2.24, 2.45) is 36.1 Å². The molecule has 0 spiro atoms. The fourth-order valence-electron chi connectivity index (χ4n) is 6.09. The standard InChI is InChI=1S/C45H36N6O3/c1-49-22-16-34(17-23-49)46-43(52)40-13-7-4-10-37(40)31-28-32(38-11-5-8-14-41(38)44(53)47-35-18-24-50(2)25-19-35)30-33(29-31)39-12-6-9-15-42(39)45(54)48-36-20-26-51(3)27-21-36/h4-30H,1-3H3. The van der Waals surface area contributed by atoms with Gasteiger partial charge in [0.15, 0.2) is 0 Å². The molecular weight excluding hydrogens is 673 g/mol. The number of rotatable bonds is 6. The minimum Gasteiger partial charge on any atom is -0.357 e. The zero-order valence-electron chi connectivity index (χ0n) is 30.0. The lowest BCUT2D eigenvalue weighted by atomic mass is 9.88. The molecule has 0 aliphatic rings. The van der Waals surface area contributed by atoms with E-state index in [1.165, 1.54) is 0 Å². The molecule has 0 unspecified atom stereocenters. The minimum absolute atomic E-state index is 0.400. The van der Waals surface area contributed by atoms with E-state index in [1.807, 2.05) is 127 Å². The van der Waals surface area contributed by atoms with Crippen molar-refractivity contribution in [1.82, 2.24) is 13.7 Å². The smallest absolute Gasteiger partial charge is 0.278 e. The molecule has 54 heavy (non-hydrogen) atoms. The van der Waals surface area contributed by atoms with Gasteiger partial charge in [-0.15, -0.1) is 0 Å². The molecule has 7 rings (SSSR count). The number of carbonyl (C=O) groups excluding carboxylic acids is 3. The van der Waals surface area contributed by atoms with Gasteiger partial charge in [-0.1, -0.05) is 54.6 Å². The van der Waals surface area contributed by atoms with E-state index < -0.39 is 17.7 Å². The SMILES string of the molecule is Cn1ccc(=NC(=O)c2ccccc2-c2cc(-c3ccccc3C(=O)N=c3ccn(C)cc3)cc(-c3ccccc3C(=O)N=c3ccn(C)cc3)c2)cc1. The molecule has 7 aromatic rings. The molecule has 9 nitrogen and oxygen atoms in total. The lowest BCUT2D eigenvalue weighted by Crippen LogP contribution is -2.09. The van der Waals surface area contributed by atoms with Gasteiger partial charge in [-0.2, -0.15) is 0 Å². The number of benzene rings is 4. The number of hydrogen-bond donors (Lipinski definition) is 0. The van der Waals surface area contributed by atoms with Gasteiger partial charge in [-0.05, 0) is 106 Å². The molecule has 0 saturated carbocycles. The number of aryl methyl sites for hydroxylation is 3. The Labute approximate surface area is 311 Å². The van der Waals surface area contributed by atoms with Gasteiger partial charge in [0.25, 0.3) is 17.7 Å². The van der Waals surface area contributed by atoms with E-state index in [0.29, 0.717) is 66.1 Å². The van der Waals surface area contributed by atoms with E-state index in [0.717, 1.165) is 0 Å². The number of pyridine rings is 3. The van der Waals surface area contributed by atoms with Crippen LogP contribution in [0.1, 0.15) is 31.1 Å². The third kappa shape index (κ3) is 7.95. The van der Waals surface area contributed by atoms with Crippen molar-refractivity contribution in [3.8, 4) is 33.4 Å². The monoisotopic (exact) mass is 708 g/mol. The molecule has 264 valence electrons. The number of nitrogens with zero attached hydrogens (tertiary/aromatic N) is 6. The van der Waals surface area contributed by atoms with Crippen LogP contribution in [-0.2, 0) is 21.1 Å². The van der Waals surface area contributed by atoms with Crippen molar-refractivity contribution in [3.05, 3.63) is 197 Å². The molecule has 3 amide bonds. The third-order valence-electron chi connectivity index (χ3n) is 8.91. The van der Waals surface area contributed by atoms with Gasteiger partial charge in [0.1, 0.15) is 0 Å². The Morgan fingerprint density at radius 2 is 0.611 bits per heavy atom. The highest BCUT2D eigenvalue weighted by molar-refractivity contribution is 6.05. The maximum absolute atomic E-state index is 13.8. The van der Waals surface area contributed by atoms with Crippen molar-refractivity contribution in [2.75, 3.05) is 0 Å². The van der Waals surface area contributed by atoms with E-state index in [2.05, 4.69) is 15.0 Å². The second-order valence-electron chi connectivity index (χ2n) is 12.9. The van der Waals surface area contributed by atoms with E-state index in [4.69, 9.17) is 0 Å². The van der Waals surface area contributed by atoms with Crippen LogP contribution >= 0.6 is 0 Å². The van der Waals surface area contributed by atoms with Crippen LogP contribution in [0, 0.1) is 0 Å². The van der Waals surface area contributed by atoms with Crippen LogP contribution in [0.25, 0.3) is 33.4 Å². The number of aromatic nitrogens is 3. The number of carbonyl (C=O) groups is 3. The minimum atomic E-state index is -0.400. The van der Waals surface area contributed by atoms with Gasteiger partial charge < -0.3 is 13.7 Å². The Morgan fingerprint density at radius 1 is 0.370 bits per heavy atom. The fraction of sp³-hybridized carbons (Fsp3) is 0.0667. The largest absolute Gasteiger partial charge is 0.357 e. The zero-order chi connectivity index (χ0) is 37.6. The zero-order valence-corrected chi connectivity index (χ0v) is 30.0. The Hall–Kier alpha value is -7.26. The lowest BCUT2D eigenvalue weighted by Gasteiger charge is -2.15. The van der Waals surface area contributed by atoms with Gasteiger partial charge in [0, 0.05) is 75.0 Å². The van der Waals surface area contributed by atoms with Crippen LogP contribution in [0.3, 0.4) is 0 Å². The highest BCUT2D eigenvalue weighted by atomic mass is 16.2. The van der Waals surface area contributed by atoms with E-state index in [-0.39, 0.29) is 0 Å². The molecule has 3 aromatic heterocycles. The summed E-state index contributed by atoms with van der Waals surface area (Å²) in [5.74, 6) is -1.20. The molecule has 4 aromatic carbocycles. The van der Waals surface area contributed by atoms with Crippen LogP contribution < -0.4 is 16.1 Å². The summed E-state index contributed by atoms with van der Waals surface area (Å²) in [7, 11) is 5.69. The summed E-state index contributed by atoms with van der Waals surface area (Å²) in [6.07, 6.45) is 11.0. The molecule has 0 N–H and O–H groups in total. The Morgan fingerprint density at radius 3 is 0.870 bits per heavy atom. The van der Waals surface area contributed by atoms with E-state index in [9.17, 15) is 14.4 Å². The van der Waals surface area contributed by atoms with Gasteiger partial charge in [-0.3, -0.25) is 14.4 Å². The predicted octanol–water partition coefficient (Wildman–Crippen LogP) is 6.93. The van der Waals surface area contributed by atoms with Crippen LogP contribution in [-0.4, -0.2) is 31.4 Å². The van der Waals surface area contributed by atoms with Crippen LogP contribution in [0.2, 0.25) is 0 Å². The molecule has 0 radical (unpaired) electrons. The average molecular weight is 709 g/mol. The first-order valence-electron chi connectivity index (χ1n) is 17.3. The fourth-order valence-corrected chi connectivity index (χ4v) is 6.09. The average Bonchev–Trinajstić information content (AvgIpc) is 3.20. The second-order valence-corrected chi connectivity index (χ2v) is 12.9. The first-order chi connectivity index (χ1) is 26.2. The summed E-state index contributed by atoms with van der Waals surface area (Å²) >= 11 is 0. The summed E-state index contributed by atoms with van der Waals surface area (Å²) in [6, 6.07) is 38.4. The first-order valence-corrected chi connectivity index (χ1v) is 17.3. The summed E-state index contributed by atoms with van der Waals surface area (Å²) in [5.41, 5.74) is 5.25. The number of hydrogen-bond acceptors (Lipinski definition) is 3. The molecular formula is C45H36N6O3. The molecule has 0 fully saturated rings. The van der Waals surface area contributed by atoms with Gasteiger partial charge in [0.05, 0.1) is 16.1 Å². The van der Waals surface area contributed by atoms with Gasteiger partial charge in [0.2, 0.25) is 0 Å². The van der Waals surface area contributed by atoms with Crippen molar-refractivity contribution in [3.63, 3.8) is 0 Å². The molecule has 0 atom stereocenters. The summed E-state index contributed by atoms with van der Waals surface area (Å²) in [5, 5.41) is 1.61. The van der Waals surface area contributed by atoms with E-state index in [1.54, 1.807) is 72.8 Å². The van der Waals surface area contributed by atoms with Gasteiger partial charge in [-0.25, -0.2) is 15.0 Å². The van der Waals surface area contributed by atoms with Crippen molar-refractivity contribution in [1.29, 1.82) is 0 Å². The van der Waals surface area contributed by atoms with Gasteiger partial charge >= 0.3 is 0 Å². The quantitative estimate of drug-likeness (QED) is 0.187. The van der Waals surface area contributed by atoms with Crippen LogP contribution in [0.4, 0.5) is 0 Å². The molecule has 3 heterocycles. The Balaban J connectivity index is 1.42. The molecule has 0 aliphatic carbocycles. The number of amides is 3. The van der Waals surface area contributed by atoms with Crippen molar-refractivity contribution in [2.45, 2.75) is 0 Å². The molecule has 9 heteroatoms. The first kappa shape index (κ1) is 35.2. The molecule has 0 aliphatic heterocycles. The highest BCUT2D eigenvalue weighted by Gasteiger charge is 2.19. The maximum atomic E-state index is 13.8. The highest BCUT2D eigenvalue weighted by Crippen LogP contribution is 2.37. The summed E-state index contributed by atoms with van der Waals surface area (Å²) < 4.78 is 5.61. The molecule has 0 bridgehead atoms.